The van der Waals surface area contributed by atoms with Crippen LogP contribution in [-0.2, 0) is 14.8 Å². The first-order valence-corrected chi connectivity index (χ1v) is 12.1. The van der Waals surface area contributed by atoms with Gasteiger partial charge in [-0.15, -0.1) is 0 Å². The largest absolute Gasteiger partial charge is 0.497 e. The van der Waals surface area contributed by atoms with Crippen molar-refractivity contribution in [1.29, 1.82) is 0 Å². The van der Waals surface area contributed by atoms with E-state index in [1.54, 1.807) is 42.6 Å². The molecule has 178 valence electrons. The molecular formula is C26H23N3O5S. The van der Waals surface area contributed by atoms with Gasteiger partial charge in [-0.3, -0.25) is 14.5 Å². The molecule has 0 saturated carbocycles. The Hall–Kier alpha value is -4.37. The number of amides is 1. The highest BCUT2D eigenvalue weighted by molar-refractivity contribution is 7.92. The summed E-state index contributed by atoms with van der Waals surface area (Å²) in [5.74, 6) is 0.318. The van der Waals surface area contributed by atoms with E-state index < -0.39 is 15.9 Å². The van der Waals surface area contributed by atoms with Crippen molar-refractivity contribution in [3.05, 3.63) is 90.6 Å². The molecule has 0 atom stereocenters. The summed E-state index contributed by atoms with van der Waals surface area (Å²) in [5.41, 5.74) is 2.22. The van der Waals surface area contributed by atoms with E-state index in [1.807, 2.05) is 30.3 Å². The molecule has 8 nitrogen and oxygen atoms in total. The highest BCUT2D eigenvalue weighted by Crippen LogP contribution is 2.29. The average molecular weight is 490 g/mol. The Bertz CT molecular complexity index is 1490. The number of hydrogen-bond donors (Lipinski definition) is 2. The van der Waals surface area contributed by atoms with Gasteiger partial charge in [0.1, 0.15) is 16.4 Å². The monoisotopic (exact) mass is 489 g/mol. The second-order valence-electron chi connectivity index (χ2n) is 7.44. The summed E-state index contributed by atoms with van der Waals surface area (Å²) < 4.78 is 38.9. The van der Waals surface area contributed by atoms with Crippen LogP contribution in [0.4, 0.5) is 11.4 Å². The number of para-hydroxylation sites is 1. The van der Waals surface area contributed by atoms with E-state index in [0.29, 0.717) is 17.1 Å². The first-order valence-electron chi connectivity index (χ1n) is 10.6. The summed E-state index contributed by atoms with van der Waals surface area (Å²) in [6, 6.07) is 20.3. The quantitative estimate of drug-likeness (QED) is 0.347. The molecule has 35 heavy (non-hydrogen) atoms. The molecule has 0 aliphatic rings. The molecule has 4 aromatic rings. The lowest BCUT2D eigenvalue weighted by Gasteiger charge is -2.13. The molecule has 4 rings (SSSR count). The second kappa shape index (κ2) is 10.3. The van der Waals surface area contributed by atoms with Crippen molar-refractivity contribution >= 4 is 44.3 Å². The summed E-state index contributed by atoms with van der Waals surface area (Å²) in [4.78, 5) is 16.8. The van der Waals surface area contributed by atoms with Crippen LogP contribution in [0, 0.1) is 0 Å². The van der Waals surface area contributed by atoms with Crippen LogP contribution >= 0.6 is 0 Å². The molecular weight excluding hydrogens is 466 g/mol. The number of anilines is 2. The fourth-order valence-electron chi connectivity index (χ4n) is 3.45. The van der Waals surface area contributed by atoms with Crippen molar-refractivity contribution in [2.45, 2.75) is 4.90 Å². The Morgan fingerprint density at radius 1 is 0.914 bits per heavy atom. The van der Waals surface area contributed by atoms with Gasteiger partial charge in [0.2, 0.25) is 5.91 Å². The molecule has 9 heteroatoms. The molecule has 0 aliphatic heterocycles. The minimum Gasteiger partial charge on any atom is -0.497 e. The molecule has 0 bridgehead atoms. The number of hydrogen-bond acceptors (Lipinski definition) is 6. The Kier molecular flexibility index (Phi) is 6.98. The van der Waals surface area contributed by atoms with Crippen LogP contribution in [0.1, 0.15) is 5.56 Å². The van der Waals surface area contributed by atoms with E-state index >= 15 is 0 Å². The maximum absolute atomic E-state index is 13.1. The van der Waals surface area contributed by atoms with Crippen molar-refractivity contribution in [3.63, 3.8) is 0 Å². The molecule has 1 amide bonds. The summed E-state index contributed by atoms with van der Waals surface area (Å²) in [7, 11) is -1.11. The van der Waals surface area contributed by atoms with Crippen LogP contribution in [0.15, 0.2) is 90.0 Å². The van der Waals surface area contributed by atoms with Crippen LogP contribution in [-0.4, -0.2) is 33.5 Å². The normalized spacial score (nSPS) is 11.4. The zero-order chi connectivity index (χ0) is 24.8. The van der Waals surface area contributed by atoms with Gasteiger partial charge in [-0.2, -0.15) is 0 Å². The number of carbonyl (C=O) groups is 1. The van der Waals surface area contributed by atoms with Crippen molar-refractivity contribution in [2.75, 3.05) is 24.3 Å². The number of carbonyl (C=O) groups excluding carboxylic acids is 1. The van der Waals surface area contributed by atoms with Gasteiger partial charge in [-0.05, 0) is 54.6 Å². The van der Waals surface area contributed by atoms with Crippen molar-refractivity contribution in [2.24, 2.45) is 0 Å². The van der Waals surface area contributed by atoms with E-state index in [2.05, 4.69) is 15.0 Å². The van der Waals surface area contributed by atoms with Gasteiger partial charge >= 0.3 is 0 Å². The molecule has 3 aromatic carbocycles. The number of benzene rings is 3. The topological polar surface area (TPSA) is 107 Å². The van der Waals surface area contributed by atoms with Crippen molar-refractivity contribution < 1.29 is 22.7 Å². The number of fused-ring (bicyclic) bond motifs is 1. The Balaban J connectivity index is 1.54. The summed E-state index contributed by atoms with van der Waals surface area (Å²) in [5, 5.41) is 3.65. The van der Waals surface area contributed by atoms with Crippen molar-refractivity contribution in [1.82, 2.24) is 4.98 Å². The van der Waals surface area contributed by atoms with Gasteiger partial charge < -0.3 is 14.8 Å². The van der Waals surface area contributed by atoms with E-state index in [-0.39, 0.29) is 10.6 Å². The summed E-state index contributed by atoms with van der Waals surface area (Å²) in [6.07, 6.45) is 4.73. The third kappa shape index (κ3) is 5.59. The number of ether oxygens (including phenoxy) is 2. The Morgan fingerprint density at radius 2 is 1.66 bits per heavy atom. The Morgan fingerprint density at radius 3 is 2.40 bits per heavy atom. The van der Waals surface area contributed by atoms with Gasteiger partial charge in [0, 0.05) is 34.6 Å². The number of rotatable bonds is 8. The molecule has 0 fully saturated rings. The van der Waals surface area contributed by atoms with Gasteiger partial charge in [-0.1, -0.05) is 24.3 Å². The van der Waals surface area contributed by atoms with Crippen LogP contribution in [0.5, 0.6) is 11.5 Å². The number of nitrogens with one attached hydrogen (secondary N) is 2. The third-order valence-corrected chi connectivity index (χ3v) is 6.54. The molecule has 2 N–H and O–H groups in total. The lowest BCUT2D eigenvalue weighted by molar-refractivity contribution is -0.111. The van der Waals surface area contributed by atoms with Crippen LogP contribution in [0.3, 0.4) is 0 Å². The van der Waals surface area contributed by atoms with E-state index in [9.17, 15) is 13.2 Å². The molecule has 0 aliphatic carbocycles. The second-order valence-corrected chi connectivity index (χ2v) is 9.10. The number of methoxy groups -OCH3 is 2. The molecule has 0 radical (unpaired) electrons. The SMILES string of the molecule is COc1ccc(NS(=O)(=O)c2cc(NC(=O)/C=C/c3cccc4cccnc34)ccc2OC)cc1. The third-order valence-electron chi connectivity index (χ3n) is 5.14. The maximum Gasteiger partial charge on any atom is 0.265 e. The van der Waals surface area contributed by atoms with Gasteiger partial charge in [0.05, 0.1) is 19.7 Å². The first-order chi connectivity index (χ1) is 16.9. The molecule has 1 heterocycles. The average Bonchev–Trinajstić information content (AvgIpc) is 2.87. The number of nitrogens with zero attached hydrogens (tertiary/aromatic N) is 1. The summed E-state index contributed by atoms with van der Waals surface area (Å²) >= 11 is 0. The highest BCUT2D eigenvalue weighted by atomic mass is 32.2. The lowest BCUT2D eigenvalue weighted by atomic mass is 10.1. The predicted octanol–water partition coefficient (Wildman–Crippen LogP) is 4.70. The van der Waals surface area contributed by atoms with E-state index in [0.717, 1.165) is 16.5 Å². The summed E-state index contributed by atoms with van der Waals surface area (Å²) in [6.45, 7) is 0. The van der Waals surface area contributed by atoms with E-state index in [1.165, 1.54) is 32.4 Å². The fraction of sp³-hybridized carbons (Fsp3) is 0.0769. The predicted molar refractivity (Wildman–Crippen MR) is 136 cm³/mol. The van der Waals surface area contributed by atoms with Gasteiger partial charge in [0.25, 0.3) is 10.0 Å². The number of aromatic nitrogens is 1. The van der Waals surface area contributed by atoms with Gasteiger partial charge in [-0.25, -0.2) is 8.42 Å². The number of sulfonamides is 1. The maximum atomic E-state index is 13.1. The standard InChI is InChI=1S/C26H23N3O5S/c1-33-22-12-9-20(10-13-22)29-35(31,32)24-17-21(11-14-23(24)34-2)28-25(30)15-8-19-6-3-5-18-7-4-16-27-26(18)19/h3-17,29H,1-2H3,(H,28,30)/b15-8+. The van der Waals surface area contributed by atoms with Gasteiger partial charge in [0.15, 0.2) is 0 Å². The molecule has 0 unspecified atom stereocenters. The highest BCUT2D eigenvalue weighted by Gasteiger charge is 2.21. The zero-order valence-electron chi connectivity index (χ0n) is 19.1. The zero-order valence-corrected chi connectivity index (χ0v) is 19.9. The lowest BCUT2D eigenvalue weighted by Crippen LogP contribution is -2.15. The first kappa shape index (κ1) is 23.8. The smallest absolute Gasteiger partial charge is 0.265 e. The van der Waals surface area contributed by atoms with E-state index in [4.69, 9.17) is 9.47 Å². The molecule has 0 saturated heterocycles. The van der Waals surface area contributed by atoms with Crippen LogP contribution < -0.4 is 19.5 Å². The minimum atomic E-state index is -4.01. The Labute approximate surface area is 203 Å². The number of pyridine rings is 1. The van der Waals surface area contributed by atoms with Crippen LogP contribution in [0.25, 0.3) is 17.0 Å². The molecule has 1 aromatic heterocycles. The van der Waals surface area contributed by atoms with Crippen molar-refractivity contribution in [3.8, 4) is 11.5 Å². The molecule has 0 spiro atoms. The van der Waals surface area contributed by atoms with Crippen LogP contribution in [0.2, 0.25) is 0 Å². The fourth-order valence-corrected chi connectivity index (χ4v) is 4.70. The minimum absolute atomic E-state index is 0.115.